The summed E-state index contributed by atoms with van der Waals surface area (Å²) < 4.78 is 11.1. The zero-order valence-electron chi connectivity index (χ0n) is 9.24. The van der Waals surface area contributed by atoms with Crippen LogP contribution in [0.25, 0.3) is 0 Å². The molecule has 1 heterocycles. The van der Waals surface area contributed by atoms with E-state index in [9.17, 15) is 0 Å². The Hall–Kier alpha value is -0.860. The Bertz CT molecular complexity index is 286. The summed E-state index contributed by atoms with van der Waals surface area (Å²) in [6, 6.07) is 8.52. The maximum Gasteiger partial charge on any atom is 0.0720 e. The molecule has 0 aromatic heterocycles. The van der Waals surface area contributed by atoms with E-state index in [0.717, 1.165) is 32.7 Å². The molecule has 0 bridgehead atoms. The van der Waals surface area contributed by atoms with Crippen LogP contribution in [0.5, 0.6) is 0 Å². The van der Waals surface area contributed by atoms with Crippen molar-refractivity contribution in [1.29, 1.82) is 0 Å². The molecule has 2 nitrogen and oxygen atoms in total. The van der Waals surface area contributed by atoms with Crippen molar-refractivity contribution in [1.82, 2.24) is 0 Å². The molecule has 1 fully saturated rings. The SMILES string of the molecule is Cc1ccc(COC2CCOCC2)cc1. The molecule has 2 rings (SSSR count). The quantitative estimate of drug-likeness (QED) is 0.757. The van der Waals surface area contributed by atoms with Crippen molar-refractivity contribution >= 4 is 0 Å². The first-order chi connectivity index (χ1) is 7.34. The zero-order chi connectivity index (χ0) is 10.5. The van der Waals surface area contributed by atoms with E-state index in [2.05, 4.69) is 31.2 Å². The fourth-order valence-corrected chi connectivity index (χ4v) is 1.74. The standard InChI is InChI=1S/C13H18O2/c1-11-2-4-12(5-3-11)10-15-13-6-8-14-9-7-13/h2-5,13H,6-10H2,1H3. The minimum Gasteiger partial charge on any atom is -0.381 e. The highest BCUT2D eigenvalue weighted by molar-refractivity contribution is 5.20. The van der Waals surface area contributed by atoms with Crippen molar-refractivity contribution in [2.24, 2.45) is 0 Å². The van der Waals surface area contributed by atoms with Gasteiger partial charge in [0.15, 0.2) is 0 Å². The summed E-state index contributed by atoms with van der Waals surface area (Å²) in [6.45, 7) is 4.52. The molecule has 1 saturated heterocycles. The topological polar surface area (TPSA) is 18.5 Å². The summed E-state index contributed by atoms with van der Waals surface area (Å²) in [7, 11) is 0. The molecule has 0 spiro atoms. The van der Waals surface area contributed by atoms with E-state index in [1.807, 2.05) is 0 Å². The van der Waals surface area contributed by atoms with Crippen LogP contribution in [0.15, 0.2) is 24.3 Å². The molecule has 1 aliphatic heterocycles. The largest absolute Gasteiger partial charge is 0.381 e. The van der Waals surface area contributed by atoms with Crippen molar-refractivity contribution in [3.63, 3.8) is 0 Å². The molecule has 0 N–H and O–H groups in total. The van der Waals surface area contributed by atoms with Gasteiger partial charge < -0.3 is 9.47 Å². The predicted octanol–water partition coefficient (Wildman–Crippen LogP) is 2.69. The molecule has 2 heteroatoms. The van der Waals surface area contributed by atoms with Crippen LogP contribution < -0.4 is 0 Å². The molecule has 0 unspecified atom stereocenters. The molecule has 0 saturated carbocycles. The van der Waals surface area contributed by atoms with E-state index in [1.165, 1.54) is 11.1 Å². The molecular weight excluding hydrogens is 188 g/mol. The molecule has 15 heavy (non-hydrogen) atoms. The minimum absolute atomic E-state index is 0.389. The zero-order valence-corrected chi connectivity index (χ0v) is 9.24. The van der Waals surface area contributed by atoms with Crippen molar-refractivity contribution < 1.29 is 9.47 Å². The Kier molecular flexibility index (Phi) is 3.75. The normalized spacial score (nSPS) is 17.9. The maximum absolute atomic E-state index is 5.83. The van der Waals surface area contributed by atoms with Crippen molar-refractivity contribution in [2.75, 3.05) is 13.2 Å². The molecule has 0 aliphatic carbocycles. The number of aryl methyl sites for hydroxylation is 1. The first-order valence-electron chi connectivity index (χ1n) is 5.59. The van der Waals surface area contributed by atoms with Crippen LogP contribution in [-0.2, 0) is 16.1 Å². The van der Waals surface area contributed by atoms with Gasteiger partial charge in [-0.25, -0.2) is 0 Å². The summed E-state index contributed by atoms with van der Waals surface area (Å²) in [6.07, 6.45) is 2.46. The summed E-state index contributed by atoms with van der Waals surface area (Å²) >= 11 is 0. The maximum atomic E-state index is 5.83. The number of benzene rings is 1. The van der Waals surface area contributed by atoms with Crippen LogP contribution in [0.4, 0.5) is 0 Å². The second kappa shape index (κ2) is 5.29. The predicted molar refractivity (Wildman–Crippen MR) is 59.8 cm³/mol. The summed E-state index contributed by atoms with van der Waals surface area (Å²) in [5.74, 6) is 0. The monoisotopic (exact) mass is 206 g/mol. The van der Waals surface area contributed by atoms with Crippen LogP contribution in [0.3, 0.4) is 0 Å². The number of ether oxygens (including phenoxy) is 2. The molecule has 1 aromatic rings. The highest BCUT2D eigenvalue weighted by atomic mass is 16.5. The van der Waals surface area contributed by atoms with Gasteiger partial charge in [0, 0.05) is 13.2 Å². The Morgan fingerprint density at radius 3 is 2.53 bits per heavy atom. The smallest absolute Gasteiger partial charge is 0.0720 e. The average molecular weight is 206 g/mol. The van der Waals surface area contributed by atoms with Gasteiger partial charge in [-0.1, -0.05) is 29.8 Å². The first-order valence-corrected chi connectivity index (χ1v) is 5.59. The van der Waals surface area contributed by atoms with E-state index >= 15 is 0 Å². The van der Waals surface area contributed by atoms with Gasteiger partial charge in [-0.05, 0) is 25.3 Å². The minimum atomic E-state index is 0.389. The van der Waals surface area contributed by atoms with Crippen molar-refractivity contribution in [3.8, 4) is 0 Å². The van der Waals surface area contributed by atoms with E-state index in [4.69, 9.17) is 9.47 Å². The molecule has 82 valence electrons. The van der Waals surface area contributed by atoms with Crippen LogP contribution in [0.1, 0.15) is 24.0 Å². The van der Waals surface area contributed by atoms with E-state index in [0.29, 0.717) is 6.10 Å². The van der Waals surface area contributed by atoms with Gasteiger partial charge in [-0.2, -0.15) is 0 Å². The molecular formula is C13H18O2. The molecule has 0 radical (unpaired) electrons. The van der Waals surface area contributed by atoms with Gasteiger partial charge in [0.05, 0.1) is 12.7 Å². The van der Waals surface area contributed by atoms with Crippen LogP contribution >= 0.6 is 0 Å². The average Bonchev–Trinajstić information content (AvgIpc) is 2.30. The van der Waals surface area contributed by atoms with Crippen molar-refractivity contribution in [3.05, 3.63) is 35.4 Å². The third-order valence-electron chi connectivity index (χ3n) is 2.77. The van der Waals surface area contributed by atoms with Crippen LogP contribution in [0, 0.1) is 6.92 Å². The third kappa shape index (κ3) is 3.33. The molecule has 1 aliphatic rings. The lowest BCUT2D eigenvalue weighted by Crippen LogP contribution is -2.23. The Morgan fingerprint density at radius 2 is 1.87 bits per heavy atom. The Balaban J connectivity index is 1.79. The highest BCUT2D eigenvalue weighted by Crippen LogP contribution is 2.13. The highest BCUT2D eigenvalue weighted by Gasteiger charge is 2.13. The Morgan fingerprint density at radius 1 is 1.20 bits per heavy atom. The van der Waals surface area contributed by atoms with Crippen LogP contribution in [0.2, 0.25) is 0 Å². The first kappa shape index (κ1) is 10.7. The number of hydrogen-bond acceptors (Lipinski definition) is 2. The second-order valence-corrected chi connectivity index (χ2v) is 4.11. The van der Waals surface area contributed by atoms with Gasteiger partial charge in [0.25, 0.3) is 0 Å². The summed E-state index contributed by atoms with van der Waals surface area (Å²) in [4.78, 5) is 0. The van der Waals surface area contributed by atoms with Gasteiger partial charge >= 0.3 is 0 Å². The molecule has 0 amide bonds. The second-order valence-electron chi connectivity index (χ2n) is 4.11. The Labute approximate surface area is 91.2 Å². The summed E-state index contributed by atoms with van der Waals surface area (Å²) in [5.41, 5.74) is 2.55. The fraction of sp³-hybridized carbons (Fsp3) is 0.538. The molecule has 0 atom stereocenters. The lowest BCUT2D eigenvalue weighted by Gasteiger charge is -2.22. The molecule has 1 aromatic carbocycles. The van der Waals surface area contributed by atoms with Gasteiger partial charge in [-0.3, -0.25) is 0 Å². The van der Waals surface area contributed by atoms with Gasteiger partial charge in [0.2, 0.25) is 0 Å². The number of hydrogen-bond donors (Lipinski definition) is 0. The lowest BCUT2D eigenvalue weighted by molar-refractivity contribution is -0.0390. The summed E-state index contributed by atoms with van der Waals surface area (Å²) in [5, 5.41) is 0. The van der Waals surface area contributed by atoms with E-state index in [-0.39, 0.29) is 0 Å². The van der Waals surface area contributed by atoms with Gasteiger partial charge in [0.1, 0.15) is 0 Å². The van der Waals surface area contributed by atoms with E-state index < -0.39 is 0 Å². The van der Waals surface area contributed by atoms with Crippen LogP contribution in [-0.4, -0.2) is 19.3 Å². The number of rotatable bonds is 3. The fourth-order valence-electron chi connectivity index (χ4n) is 1.74. The lowest BCUT2D eigenvalue weighted by atomic mass is 10.1. The van der Waals surface area contributed by atoms with E-state index in [1.54, 1.807) is 0 Å². The third-order valence-corrected chi connectivity index (χ3v) is 2.77. The van der Waals surface area contributed by atoms with Crippen molar-refractivity contribution in [2.45, 2.75) is 32.5 Å². The van der Waals surface area contributed by atoms with Gasteiger partial charge in [-0.15, -0.1) is 0 Å².